The minimum Gasteiger partial charge on any atom is -0.457 e. The maximum atomic E-state index is 11.8. The quantitative estimate of drug-likeness (QED) is 0.522. The Hall–Kier alpha value is -1.70. The second-order valence-electron chi connectivity index (χ2n) is 5.43. The number of aliphatic hydroxyl groups is 1. The van der Waals surface area contributed by atoms with Gasteiger partial charge in [-0.1, -0.05) is 12.2 Å². The summed E-state index contributed by atoms with van der Waals surface area (Å²) in [5.74, 6) is -0.970. The summed E-state index contributed by atoms with van der Waals surface area (Å²) in [7, 11) is 0. The summed E-state index contributed by atoms with van der Waals surface area (Å²) in [5.41, 5.74) is 0. The van der Waals surface area contributed by atoms with E-state index in [9.17, 15) is 14.7 Å². The van der Waals surface area contributed by atoms with Gasteiger partial charge < -0.3 is 24.1 Å². The molecule has 0 aromatic heterocycles. The minimum atomic E-state index is -1.19. The number of hydrogen-bond acceptors (Lipinski definition) is 7. The van der Waals surface area contributed by atoms with Crippen molar-refractivity contribution in [3.63, 3.8) is 0 Å². The van der Waals surface area contributed by atoms with Gasteiger partial charge in [-0.05, 0) is 12.8 Å². The standard InChI is InChI=1S/C16H22O7/c1-3-5-7-11(17)22-14-10-9-20-16(21-10)15(13(14)19)23-12(18)8-6-4-2/h3-4,10,13-16,19H,1-2,5-9H2. The van der Waals surface area contributed by atoms with Crippen LogP contribution in [-0.2, 0) is 28.5 Å². The van der Waals surface area contributed by atoms with Gasteiger partial charge in [0.1, 0.15) is 12.2 Å². The summed E-state index contributed by atoms with van der Waals surface area (Å²) < 4.78 is 21.4. The first-order valence-corrected chi connectivity index (χ1v) is 7.62. The molecule has 0 aromatic carbocycles. The second kappa shape index (κ2) is 8.24. The first-order valence-electron chi connectivity index (χ1n) is 7.62. The minimum absolute atomic E-state index is 0.145. The fraction of sp³-hybridized carbons (Fsp3) is 0.625. The molecule has 2 saturated heterocycles. The molecule has 7 heteroatoms. The van der Waals surface area contributed by atoms with E-state index in [0.717, 1.165) is 0 Å². The third-order valence-electron chi connectivity index (χ3n) is 3.68. The Morgan fingerprint density at radius 3 is 2.22 bits per heavy atom. The molecule has 1 N–H and O–H groups in total. The summed E-state index contributed by atoms with van der Waals surface area (Å²) in [5, 5.41) is 10.4. The van der Waals surface area contributed by atoms with Crippen molar-refractivity contribution in [1.29, 1.82) is 0 Å². The smallest absolute Gasteiger partial charge is 0.306 e. The van der Waals surface area contributed by atoms with E-state index in [2.05, 4.69) is 13.2 Å². The molecule has 2 rings (SSSR count). The Bertz CT molecular complexity index is 421. The van der Waals surface area contributed by atoms with Crippen molar-refractivity contribution in [2.24, 2.45) is 0 Å². The maximum Gasteiger partial charge on any atom is 0.306 e. The fourth-order valence-corrected chi connectivity index (χ4v) is 2.49. The van der Waals surface area contributed by atoms with Crippen molar-refractivity contribution in [3.05, 3.63) is 25.3 Å². The molecular formula is C16H22O7. The van der Waals surface area contributed by atoms with Gasteiger partial charge in [0, 0.05) is 12.8 Å². The normalized spacial score (nSPS) is 32.1. The molecule has 23 heavy (non-hydrogen) atoms. The van der Waals surface area contributed by atoms with E-state index >= 15 is 0 Å². The van der Waals surface area contributed by atoms with Gasteiger partial charge in [0.25, 0.3) is 0 Å². The fourth-order valence-electron chi connectivity index (χ4n) is 2.49. The zero-order chi connectivity index (χ0) is 16.8. The van der Waals surface area contributed by atoms with Crippen LogP contribution >= 0.6 is 0 Å². The lowest BCUT2D eigenvalue weighted by Gasteiger charge is -2.37. The predicted molar refractivity (Wildman–Crippen MR) is 79.2 cm³/mol. The van der Waals surface area contributed by atoms with Gasteiger partial charge >= 0.3 is 11.9 Å². The van der Waals surface area contributed by atoms with Gasteiger partial charge in [-0.15, -0.1) is 13.2 Å². The van der Waals surface area contributed by atoms with Crippen molar-refractivity contribution < 1.29 is 33.6 Å². The Morgan fingerprint density at radius 1 is 1.09 bits per heavy atom. The highest BCUT2D eigenvalue weighted by Crippen LogP contribution is 2.32. The van der Waals surface area contributed by atoms with Gasteiger partial charge in [-0.25, -0.2) is 0 Å². The monoisotopic (exact) mass is 326 g/mol. The summed E-state index contributed by atoms with van der Waals surface area (Å²) >= 11 is 0. The number of hydrogen-bond donors (Lipinski definition) is 1. The topological polar surface area (TPSA) is 91.3 Å². The highest BCUT2D eigenvalue weighted by atomic mass is 16.8. The molecule has 0 spiro atoms. The number of carbonyl (C=O) groups excluding carboxylic acids is 2. The molecule has 5 atom stereocenters. The lowest BCUT2D eigenvalue weighted by Crippen LogP contribution is -2.56. The van der Waals surface area contributed by atoms with Crippen LogP contribution in [0.5, 0.6) is 0 Å². The van der Waals surface area contributed by atoms with Crippen molar-refractivity contribution in [2.45, 2.75) is 56.4 Å². The first-order chi connectivity index (χ1) is 11.1. The molecule has 5 unspecified atom stereocenters. The molecule has 7 nitrogen and oxygen atoms in total. The average Bonchev–Trinajstić information content (AvgIpc) is 2.98. The maximum absolute atomic E-state index is 11.8. The molecule has 0 aromatic rings. The Kier molecular flexibility index (Phi) is 6.32. The van der Waals surface area contributed by atoms with E-state index in [4.69, 9.17) is 18.9 Å². The lowest BCUT2D eigenvalue weighted by molar-refractivity contribution is -0.245. The molecule has 128 valence electrons. The molecule has 2 aliphatic rings. The molecule has 0 saturated carbocycles. The highest BCUT2D eigenvalue weighted by molar-refractivity contribution is 5.70. The van der Waals surface area contributed by atoms with Gasteiger partial charge in [-0.3, -0.25) is 9.59 Å². The number of aliphatic hydroxyl groups excluding tert-OH is 1. The number of rotatable bonds is 8. The van der Waals surface area contributed by atoms with Gasteiger partial charge in [-0.2, -0.15) is 0 Å². The summed E-state index contributed by atoms with van der Waals surface area (Å²) in [6.07, 6.45) is -0.0944. The summed E-state index contributed by atoms with van der Waals surface area (Å²) in [6, 6.07) is 0. The Morgan fingerprint density at radius 2 is 1.65 bits per heavy atom. The van der Waals surface area contributed by atoms with Gasteiger partial charge in [0.05, 0.1) is 6.61 Å². The van der Waals surface area contributed by atoms with Crippen molar-refractivity contribution in [1.82, 2.24) is 0 Å². The molecule has 2 heterocycles. The third kappa shape index (κ3) is 4.40. The zero-order valence-electron chi connectivity index (χ0n) is 12.9. The van der Waals surface area contributed by atoms with Crippen LogP contribution in [0.3, 0.4) is 0 Å². The Balaban J connectivity index is 1.97. The van der Waals surface area contributed by atoms with Crippen molar-refractivity contribution in [3.8, 4) is 0 Å². The second-order valence-corrected chi connectivity index (χ2v) is 5.43. The third-order valence-corrected chi connectivity index (χ3v) is 3.68. The first kappa shape index (κ1) is 17.7. The molecule has 0 aliphatic carbocycles. The van der Waals surface area contributed by atoms with Crippen LogP contribution in [0, 0.1) is 0 Å². The van der Waals surface area contributed by atoms with Crippen molar-refractivity contribution >= 4 is 11.9 Å². The Labute approximate surface area is 134 Å². The molecule has 0 amide bonds. The van der Waals surface area contributed by atoms with E-state index in [1.165, 1.54) is 0 Å². The predicted octanol–water partition coefficient (Wildman–Crippen LogP) is 0.858. The van der Waals surface area contributed by atoms with Crippen LogP contribution in [0.2, 0.25) is 0 Å². The van der Waals surface area contributed by atoms with Crippen LogP contribution in [0.25, 0.3) is 0 Å². The van der Waals surface area contributed by atoms with E-state index in [0.29, 0.717) is 12.8 Å². The summed E-state index contributed by atoms with van der Waals surface area (Å²) in [6.45, 7) is 7.23. The van der Waals surface area contributed by atoms with Crippen LogP contribution in [0.4, 0.5) is 0 Å². The van der Waals surface area contributed by atoms with Crippen LogP contribution in [0.1, 0.15) is 25.7 Å². The molecule has 2 bridgehead atoms. The SMILES string of the molecule is C=CCCC(=O)OC1C2COC(O2)C(OC(=O)CCC=C)C1O. The average molecular weight is 326 g/mol. The van der Waals surface area contributed by atoms with Gasteiger partial charge in [0.15, 0.2) is 18.5 Å². The number of esters is 2. The summed E-state index contributed by atoms with van der Waals surface area (Å²) in [4.78, 5) is 23.5. The molecular weight excluding hydrogens is 304 g/mol. The molecule has 2 fully saturated rings. The van der Waals surface area contributed by atoms with Crippen LogP contribution < -0.4 is 0 Å². The highest BCUT2D eigenvalue weighted by Gasteiger charge is 2.53. The van der Waals surface area contributed by atoms with Crippen LogP contribution in [-0.4, -0.2) is 54.4 Å². The number of fused-ring (bicyclic) bond motifs is 2. The lowest BCUT2D eigenvalue weighted by atomic mass is 10.0. The van der Waals surface area contributed by atoms with Crippen molar-refractivity contribution in [2.75, 3.05) is 6.61 Å². The largest absolute Gasteiger partial charge is 0.457 e. The van der Waals surface area contributed by atoms with E-state index in [1.54, 1.807) is 12.2 Å². The van der Waals surface area contributed by atoms with E-state index in [-0.39, 0.29) is 19.4 Å². The zero-order valence-corrected chi connectivity index (χ0v) is 12.9. The van der Waals surface area contributed by atoms with Gasteiger partial charge in [0.2, 0.25) is 0 Å². The van der Waals surface area contributed by atoms with E-state index < -0.39 is 42.6 Å². The number of ether oxygens (including phenoxy) is 4. The van der Waals surface area contributed by atoms with Crippen LogP contribution in [0.15, 0.2) is 25.3 Å². The van der Waals surface area contributed by atoms with E-state index in [1.807, 2.05) is 0 Å². The number of carbonyl (C=O) groups is 2. The molecule has 2 aliphatic heterocycles. The number of allylic oxidation sites excluding steroid dienone is 2. The molecule has 0 radical (unpaired) electrons.